The molecule has 80 valence electrons. The monoisotopic (exact) mass is 225 g/mol. The maximum Gasteiger partial charge on any atom is 0.179 e. The van der Waals surface area contributed by atoms with Crippen LogP contribution in [0.3, 0.4) is 0 Å². The van der Waals surface area contributed by atoms with Gasteiger partial charge in [-0.15, -0.1) is 0 Å². The number of oxime groups is 1. The van der Waals surface area contributed by atoms with Gasteiger partial charge in [0.2, 0.25) is 0 Å². The van der Waals surface area contributed by atoms with Gasteiger partial charge in [-0.25, -0.2) is 8.42 Å². The predicted octanol–water partition coefficient (Wildman–Crippen LogP) is 1.24. The molecular weight excluding hydrogens is 214 g/mol. The molecule has 0 fully saturated rings. The third kappa shape index (κ3) is 1.87. The van der Waals surface area contributed by atoms with Crippen LogP contribution in [-0.4, -0.2) is 25.1 Å². The summed E-state index contributed by atoms with van der Waals surface area (Å²) in [5.74, 6) is 0.0173. The number of hydrogen-bond acceptors (Lipinski definition) is 4. The molecule has 1 aromatic rings. The van der Waals surface area contributed by atoms with Crippen molar-refractivity contribution in [2.45, 2.75) is 17.7 Å². The van der Waals surface area contributed by atoms with E-state index >= 15 is 0 Å². The molecule has 5 heteroatoms. The van der Waals surface area contributed by atoms with E-state index in [9.17, 15) is 8.42 Å². The van der Waals surface area contributed by atoms with Crippen molar-refractivity contribution in [3.63, 3.8) is 0 Å². The highest BCUT2D eigenvalue weighted by molar-refractivity contribution is 7.91. The summed E-state index contributed by atoms with van der Waals surface area (Å²) in [5.41, 5.74) is 1.23. The molecule has 0 saturated carbocycles. The Kier molecular flexibility index (Phi) is 2.48. The molecule has 0 unspecified atom stereocenters. The molecule has 0 saturated heterocycles. The van der Waals surface area contributed by atoms with Crippen LogP contribution < -0.4 is 0 Å². The second-order valence-corrected chi connectivity index (χ2v) is 5.60. The topological polar surface area (TPSA) is 66.7 Å². The lowest BCUT2D eigenvalue weighted by molar-refractivity contribution is 0.317. The summed E-state index contributed by atoms with van der Waals surface area (Å²) in [5, 5.41) is 11.8. The lowest BCUT2D eigenvalue weighted by Crippen LogP contribution is -2.07. The van der Waals surface area contributed by atoms with Gasteiger partial charge in [-0.2, -0.15) is 0 Å². The van der Waals surface area contributed by atoms with Crippen LogP contribution in [0.2, 0.25) is 0 Å². The standard InChI is InChI=1S/C10H11NO3S/c12-11-9-5-6-15(13,14)10-4-2-1-3-8(10)7-9/h1-4,12H,5-7H2/b11-9+. The molecule has 0 spiro atoms. The third-order valence-electron chi connectivity index (χ3n) is 2.50. The molecule has 0 amide bonds. The zero-order valence-corrected chi connectivity index (χ0v) is 8.87. The summed E-state index contributed by atoms with van der Waals surface area (Å²) in [6, 6.07) is 6.85. The summed E-state index contributed by atoms with van der Waals surface area (Å²) in [4.78, 5) is 0.364. The van der Waals surface area contributed by atoms with Crippen molar-refractivity contribution in [3.8, 4) is 0 Å². The Bertz CT molecular complexity index is 505. The molecule has 15 heavy (non-hydrogen) atoms. The smallest absolute Gasteiger partial charge is 0.179 e. The van der Waals surface area contributed by atoms with Crippen LogP contribution in [0.25, 0.3) is 0 Å². The van der Waals surface area contributed by atoms with E-state index in [1.54, 1.807) is 24.3 Å². The minimum absolute atomic E-state index is 0.0173. The Hall–Kier alpha value is -1.36. The normalized spacial score (nSPS) is 22.0. The van der Waals surface area contributed by atoms with Crippen LogP contribution in [-0.2, 0) is 16.3 Å². The van der Waals surface area contributed by atoms with E-state index in [-0.39, 0.29) is 5.75 Å². The SMILES string of the molecule is O=S1(=O)CC/C(=N\O)Cc2ccccc21. The fourth-order valence-electron chi connectivity index (χ4n) is 1.71. The van der Waals surface area contributed by atoms with Crippen LogP contribution in [0.4, 0.5) is 0 Å². The van der Waals surface area contributed by atoms with Crippen molar-refractivity contribution in [3.05, 3.63) is 29.8 Å². The predicted molar refractivity (Wildman–Crippen MR) is 56.0 cm³/mol. The van der Waals surface area contributed by atoms with Gasteiger partial charge in [0.1, 0.15) is 0 Å². The lowest BCUT2D eigenvalue weighted by atomic mass is 10.1. The van der Waals surface area contributed by atoms with Gasteiger partial charge < -0.3 is 5.21 Å². The van der Waals surface area contributed by atoms with Gasteiger partial charge in [0.25, 0.3) is 0 Å². The molecule has 0 radical (unpaired) electrons. The van der Waals surface area contributed by atoms with Crippen LogP contribution in [0, 0.1) is 0 Å². The molecular formula is C10H11NO3S. The summed E-state index contributed by atoms with van der Waals surface area (Å²) >= 11 is 0. The second kappa shape index (κ2) is 3.66. The van der Waals surface area contributed by atoms with Crippen molar-refractivity contribution in [1.82, 2.24) is 0 Å². The van der Waals surface area contributed by atoms with E-state index < -0.39 is 9.84 Å². The Labute approximate surface area is 88.2 Å². The average molecular weight is 225 g/mol. The Morgan fingerprint density at radius 1 is 1.27 bits per heavy atom. The van der Waals surface area contributed by atoms with Gasteiger partial charge in [0.05, 0.1) is 16.4 Å². The second-order valence-electron chi connectivity index (χ2n) is 3.52. The molecule has 4 nitrogen and oxygen atoms in total. The zero-order valence-electron chi connectivity index (χ0n) is 8.05. The highest BCUT2D eigenvalue weighted by Crippen LogP contribution is 2.22. The molecule has 0 aliphatic carbocycles. The maximum atomic E-state index is 11.8. The number of fused-ring (bicyclic) bond motifs is 1. The maximum absolute atomic E-state index is 11.8. The van der Waals surface area contributed by atoms with Crippen LogP contribution >= 0.6 is 0 Å². The highest BCUT2D eigenvalue weighted by Gasteiger charge is 2.23. The molecule has 0 bridgehead atoms. The Balaban J connectivity index is 2.60. The number of rotatable bonds is 0. The molecule has 0 aromatic heterocycles. The molecule has 2 rings (SSSR count). The summed E-state index contributed by atoms with van der Waals surface area (Å²) < 4.78 is 23.6. The largest absolute Gasteiger partial charge is 0.411 e. The number of benzene rings is 1. The average Bonchev–Trinajstić information content (AvgIpc) is 2.36. The third-order valence-corrected chi connectivity index (χ3v) is 4.31. The first kappa shape index (κ1) is 10.2. The van der Waals surface area contributed by atoms with Gasteiger partial charge in [-0.3, -0.25) is 0 Å². The molecule has 1 aliphatic rings. The van der Waals surface area contributed by atoms with Crippen LogP contribution in [0.5, 0.6) is 0 Å². The first-order valence-corrected chi connectivity index (χ1v) is 6.29. The Morgan fingerprint density at radius 2 is 2.00 bits per heavy atom. The van der Waals surface area contributed by atoms with Gasteiger partial charge in [0, 0.05) is 12.8 Å². The Morgan fingerprint density at radius 3 is 2.73 bits per heavy atom. The van der Waals surface area contributed by atoms with E-state index in [0.29, 0.717) is 29.0 Å². The van der Waals surface area contributed by atoms with Crippen molar-refractivity contribution in [2.24, 2.45) is 5.16 Å². The quantitative estimate of drug-likeness (QED) is 0.533. The van der Waals surface area contributed by atoms with Gasteiger partial charge in [-0.05, 0) is 11.6 Å². The van der Waals surface area contributed by atoms with Gasteiger partial charge in [-0.1, -0.05) is 23.4 Å². The zero-order chi connectivity index (χ0) is 10.9. The van der Waals surface area contributed by atoms with Crippen molar-refractivity contribution in [1.29, 1.82) is 0 Å². The fourth-order valence-corrected chi connectivity index (χ4v) is 3.26. The van der Waals surface area contributed by atoms with Crippen molar-refractivity contribution in [2.75, 3.05) is 5.75 Å². The van der Waals surface area contributed by atoms with Crippen molar-refractivity contribution >= 4 is 15.5 Å². The van der Waals surface area contributed by atoms with E-state index in [0.717, 1.165) is 0 Å². The van der Waals surface area contributed by atoms with Gasteiger partial charge >= 0.3 is 0 Å². The van der Waals surface area contributed by atoms with Crippen molar-refractivity contribution < 1.29 is 13.6 Å². The first-order valence-electron chi connectivity index (χ1n) is 4.64. The molecule has 0 atom stereocenters. The van der Waals surface area contributed by atoms with E-state index in [4.69, 9.17) is 5.21 Å². The van der Waals surface area contributed by atoms with Crippen LogP contribution in [0.1, 0.15) is 12.0 Å². The molecule has 1 aliphatic heterocycles. The molecule has 1 heterocycles. The van der Waals surface area contributed by atoms with E-state index in [1.165, 1.54) is 0 Å². The first-order chi connectivity index (χ1) is 7.13. The minimum atomic E-state index is -3.21. The van der Waals surface area contributed by atoms with Crippen LogP contribution in [0.15, 0.2) is 34.3 Å². The number of sulfone groups is 1. The highest BCUT2D eigenvalue weighted by atomic mass is 32.2. The van der Waals surface area contributed by atoms with E-state index in [1.807, 2.05) is 0 Å². The van der Waals surface area contributed by atoms with E-state index in [2.05, 4.69) is 5.16 Å². The lowest BCUT2D eigenvalue weighted by Gasteiger charge is -2.03. The summed E-state index contributed by atoms with van der Waals surface area (Å²) in [6.07, 6.45) is 0.708. The molecule has 1 aromatic carbocycles. The number of hydrogen-bond donors (Lipinski definition) is 1. The van der Waals surface area contributed by atoms with Gasteiger partial charge in [0.15, 0.2) is 9.84 Å². The fraction of sp³-hybridized carbons (Fsp3) is 0.300. The minimum Gasteiger partial charge on any atom is -0.411 e. The summed E-state index contributed by atoms with van der Waals surface area (Å²) in [6.45, 7) is 0. The number of nitrogens with zero attached hydrogens (tertiary/aromatic N) is 1. The molecule has 1 N–H and O–H groups in total. The summed E-state index contributed by atoms with van der Waals surface area (Å²) in [7, 11) is -3.21.